The highest BCUT2D eigenvalue weighted by molar-refractivity contribution is 6.42. The van der Waals surface area contributed by atoms with Crippen LogP contribution in [0.4, 0.5) is 0 Å². The number of phenols is 1. The third kappa shape index (κ3) is 4.26. The van der Waals surface area contributed by atoms with Gasteiger partial charge in [0.15, 0.2) is 5.78 Å². The lowest BCUT2D eigenvalue weighted by molar-refractivity contribution is -0.133. The number of likely N-dealkylation sites (tertiary alicyclic amines) is 1. The minimum atomic E-state index is -0.280. The number of aromatic nitrogens is 1. The van der Waals surface area contributed by atoms with Gasteiger partial charge in [-0.3, -0.25) is 19.5 Å². The van der Waals surface area contributed by atoms with Crippen LogP contribution in [-0.2, 0) is 17.8 Å². The molecular weight excluding hydrogens is 453 g/mol. The van der Waals surface area contributed by atoms with Crippen molar-refractivity contribution in [3.63, 3.8) is 0 Å². The summed E-state index contributed by atoms with van der Waals surface area (Å²) in [6.07, 6.45) is 2.82. The van der Waals surface area contributed by atoms with Gasteiger partial charge in [0.2, 0.25) is 5.91 Å². The lowest BCUT2D eigenvalue weighted by Gasteiger charge is -2.48. The third-order valence-electron chi connectivity index (χ3n) is 6.14. The summed E-state index contributed by atoms with van der Waals surface area (Å²) in [6.45, 7) is 5.79. The van der Waals surface area contributed by atoms with Gasteiger partial charge in [-0.1, -0.05) is 29.8 Å². The van der Waals surface area contributed by atoms with Crippen molar-refractivity contribution in [1.82, 2.24) is 14.8 Å². The highest BCUT2D eigenvalue weighted by Crippen LogP contribution is 2.35. The Balaban J connectivity index is 1.56. The molecule has 2 aromatic rings. The Hall–Kier alpha value is -2.45. The number of ketones is 1. The molecule has 0 spiro atoms. The predicted octanol–water partition coefficient (Wildman–Crippen LogP) is 2.81. The van der Waals surface area contributed by atoms with Gasteiger partial charge in [0.05, 0.1) is 16.7 Å². The molecule has 1 atom stereocenters. The molecule has 1 saturated heterocycles. The number of aliphatic hydroxyl groups excluding tert-OH is 1. The number of benzene rings is 1. The Morgan fingerprint density at radius 1 is 1.22 bits per heavy atom. The molecule has 32 heavy (non-hydrogen) atoms. The zero-order chi connectivity index (χ0) is 23.0. The second kappa shape index (κ2) is 9.19. The van der Waals surface area contributed by atoms with Crippen LogP contribution in [0.1, 0.15) is 33.1 Å². The number of pyridine rings is 1. The van der Waals surface area contributed by atoms with Crippen LogP contribution >= 0.6 is 23.2 Å². The fraction of sp³-hybridized carbons (Fsp3) is 0.348. The van der Waals surface area contributed by atoms with Crippen molar-refractivity contribution in [2.24, 2.45) is 0 Å². The maximum absolute atomic E-state index is 13.1. The standard InChI is InChI=1S/C23H23Cl2N3O4/c1-2-21(32)28-10-16(11-28)27-8-13-3-4-26-23(22(13)15(9-27)12-29)20(31)6-14-5-17(24)18(25)7-19(14)30/h2-5,7,15-16,29-30H,1,6,8-12H2. The number of rotatable bonds is 6. The number of phenolic OH excluding ortho intramolecular Hbond substituents is 1. The molecule has 7 nitrogen and oxygen atoms in total. The van der Waals surface area contributed by atoms with Crippen molar-refractivity contribution < 1.29 is 19.8 Å². The lowest BCUT2D eigenvalue weighted by atomic mass is 9.85. The molecule has 2 N–H and O–H groups in total. The number of Topliss-reactive ketones (excluding diaryl/α,β-unsaturated/α-hetero) is 1. The Morgan fingerprint density at radius 3 is 2.62 bits per heavy atom. The molecule has 2 aliphatic rings. The fourth-order valence-electron chi connectivity index (χ4n) is 4.38. The Morgan fingerprint density at radius 2 is 1.94 bits per heavy atom. The van der Waals surface area contributed by atoms with E-state index in [1.54, 1.807) is 11.1 Å². The van der Waals surface area contributed by atoms with Crippen LogP contribution in [0, 0.1) is 0 Å². The molecule has 9 heteroatoms. The average Bonchev–Trinajstić information content (AvgIpc) is 2.75. The summed E-state index contributed by atoms with van der Waals surface area (Å²) in [6, 6.07) is 4.85. The van der Waals surface area contributed by atoms with Gasteiger partial charge in [-0.2, -0.15) is 0 Å². The van der Waals surface area contributed by atoms with Gasteiger partial charge < -0.3 is 15.1 Å². The number of amides is 1. The van der Waals surface area contributed by atoms with Crippen molar-refractivity contribution >= 4 is 34.9 Å². The van der Waals surface area contributed by atoms with E-state index >= 15 is 0 Å². The van der Waals surface area contributed by atoms with Crippen LogP contribution in [0.5, 0.6) is 5.75 Å². The first-order valence-electron chi connectivity index (χ1n) is 10.3. The Bertz CT molecular complexity index is 1090. The molecule has 0 aliphatic carbocycles. The maximum Gasteiger partial charge on any atom is 0.246 e. The summed E-state index contributed by atoms with van der Waals surface area (Å²) in [5.41, 5.74) is 2.33. The van der Waals surface area contributed by atoms with Crippen LogP contribution in [0.15, 0.2) is 37.1 Å². The molecule has 1 amide bonds. The minimum Gasteiger partial charge on any atom is -0.508 e. The molecule has 1 aromatic carbocycles. The number of hydrogen-bond acceptors (Lipinski definition) is 6. The SMILES string of the molecule is C=CC(=O)N1CC(N2Cc3ccnc(C(=O)Cc4cc(Cl)c(Cl)cc4O)c3C(CO)C2)C1. The highest BCUT2D eigenvalue weighted by atomic mass is 35.5. The van der Waals surface area contributed by atoms with Crippen molar-refractivity contribution in [1.29, 1.82) is 0 Å². The molecule has 168 valence electrons. The van der Waals surface area contributed by atoms with Crippen LogP contribution < -0.4 is 0 Å². The topological polar surface area (TPSA) is 94.0 Å². The number of carbonyl (C=O) groups excluding carboxylic acids is 2. The first kappa shape index (κ1) is 22.7. The number of carbonyl (C=O) groups is 2. The van der Waals surface area contributed by atoms with E-state index < -0.39 is 0 Å². The van der Waals surface area contributed by atoms with Gasteiger partial charge >= 0.3 is 0 Å². The van der Waals surface area contributed by atoms with Crippen molar-refractivity contribution in [3.8, 4) is 5.75 Å². The summed E-state index contributed by atoms with van der Waals surface area (Å²) < 4.78 is 0. The van der Waals surface area contributed by atoms with Gasteiger partial charge in [-0.25, -0.2) is 0 Å². The maximum atomic E-state index is 13.1. The van der Waals surface area contributed by atoms with Crippen LogP contribution in [-0.4, -0.2) is 69.0 Å². The average molecular weight is 476 g/mol. The molecule has 1 unspecified atom stereocenters. The molecule has 0 bridgehead atoms. The smallest absolute Gasteiger partial charge is 0.246 e. The van der Waals surface area contributed by atoms with E-state index in [1.807, 2.05) is 6.07 Å². The molecule has 1 aromatic heterocycles. The number of hydrogen-bond donors (Lipinski definition) is 2. The molecule has 4 rings (SSSR count). The van der Waals surface area contributed by atoms with Crippen LogP contribution in [0.3, 0.4) is 0 Å². The number of fused-ring (bicyclic) bond motifs is 1. The molecular formula is C23H23Cl2N3O4. The monoisotopic (exact) mass is 475 g/mol. The summed E-state index contributed by atoms with van der Waals surface area (Å²) in [4.78, 5) is 33.2. The Labute approximate surface area is 195 Å². The zero-order valence-corrected chi connectivity index (χ0v) is 18.8. The highest BCUT2D eigenvalue weighted by Gasteiger charge is 2.38. The predicted molar refractivity (Wildman–Crippen MR) is 121 cm³/mol. The zero-order valence-electron chi connectivity index (χ0n) is 17.3. The van der Waals surface area contributed by atoms with E-state index in [0.29, 0.717) is 37.4 Å². The largest absolute Gasteiger partial charge is 0.508 e. The summed E-state index contributed by atoms with van der Waals surface area (Å²) in [5.74, 6) is -0.738. The van der Waals surface area contributed by atoms with Gasteiger partial charge in [-0.05, 0) is 29.3 Å². The summed E-state index contributed by atoms with van der Waals surface area (Å²) in [5, 5.41) is 20.7. The minimum absolute atomic E-state index is 0.0833. The number of aromatic hydroxyl groups is 1. The van der Waals surface area contributed by atoms with Gasteiger partial charge in [0, 0.05) is 62.4 Å². The lowest BCUT2D eigenvalue weighted by Crippen LogP contribution is -2.61. The van der Waals surface area contributed by atoms with Crippen LogP contribution in [0.2, 0.25) is 10.0 Å². The molecule has 1 fully saturated rings. The molecule has 0 radical (unpaired) electrons. The van der Waals surface area contributed by atoms with Gasteiger partial charge in [0.25, 0.3) is 0 Å². The molecule has 0 saturated carbocycles. The van der Waals surface area contributed by atoms with Crippen molar-refractivity contribution in [3.05, 3.63) is 69.5 Å². The van der Waals surface area contributed by atoms with E-state index in [4.69, 9.17) is 23.2 Å². The van der Waals surface area contributed by atoms with Gasteiger partial charge in [0.1, 0.15) is 11.4 Å². The van der Waals surface area contributed by atoms with E-state index in [2.05, 4.69) is 16.5 Å². The first-order chi connectivity index (χ1) is 15.3. The van der Waals surface area contributed by atoms with Gasteiger partial charge in [-0.15, -0.1) is 0 Å². The Kier molecular flexibility index (Phi) is 6.53. The normalized spacial score (nSPS) is 18.7. The summed E-state index contributed by atoms with van der Waals surface area (Å²) >= 11 is 12.0. The van der Waals surface area contributed by atoms with E-state index in [1.165, 1.54) is 18.2 Å². The first-order valence-corrected chi connectivity index (χ1v) is 11.0. The third-order valence-corrected chi connectivity index (χ3v) is 6.86. The fourth-order valence-corrected chi connectivity index (χ4v) is 4.73. The van der Waals surface area contributed by atoms with E-state index in [-0.39, 0.29) is 52.5 Å². The number of aliphatic hydroxyl groups is 1. The van der Waals surface area contributed by atoms with Crippen molar-refractivity contribution in [2.45, 2.75) is 24.9 Å². The molecule has 2 aliphatic heterocycles. The van der Waals surface area contributed by atoms with E-state index in [9.17, 15) is 19.8 Å². The number of nitrogens with zero attached hydrogens (tertiary/aromatic N) is 3. The van der Waals surface area contributed by atoms with Crippen molar-refractivity contribution in [2.75, 3.05) is 26.2 Å². The second-order valence-electron chi connectivity index (χ2n) is 8.14. The quantitative estimate of drug-likeness (QED) is 0.492. The van der Waals surface area contributed by atoms with Crippen LogP contribution in [0.25, 0.3) is 0 Å². The molecule has 3 heterocycles. The summed E-state index contributed by atoms with van der Waals surface area (Å²) in [7, 11) is 0. The van der Waals surface area contributed by atoms with E-state index in [0.717, 1.165) is 11.1 Å². The number of halogens is 2. The second-order valence-corrected chi connectivity index (χ2v) is 8.95.